The van der Waals surface area contributed by atoms with Crippen LogP contribution in [0, 0.1) is 0 Å². The molecule has 0 fully saturated rings. The molecule has 0 saturated heterocycles. The van der Waals surface area contributed by atoms with Crippen LogP contribution >= 0.6 is 23.2 Å². The molecule has 1 N–H and O–H groups in total. The molecule has 0 saturated carbocycles. The average molecular weight is 425 g/mol. The number of nitrogens with one attached hydrogen (secondary N) is 1. The summed E-state index contributed by atoms with van der Waals surface area (Å²) in [5.74, 6) is 1.94. The Morgan fingerprint density at radius 2 is 1.90 bits per heavy atom. The third-order valence-electron chi connectivity index (χ3n) is 4.61. The van der Waals surface area contributed by atoms with E-state index in [0.29, 0.717) is 45.3 Å². The number of aromatic nitrogens is 4. The molecule has 0 aliphatic rings. The molecule has 0 aliphatic heterocycles. The molecule has 0 unspecified atom stereocenters. The van der Waals surface area contributed by atoms with Gasteiger partial charge in [-0.2, -0.15) is 0 Å². The molecule has 8 heteroatoms. The van der Waals surface area contributed by atoms with Crippen LogP contribution < -0.4 is 4.74 Å². The first-order valence-electron chi connectivity index (χ1n) is 8.84. The van der Waals surface area contributed by atoms with Crippen molar-refractivity contribution in [2.75, 3.05) is 7.11 Å². The smallest absolute Gasteiger partial charge is 0.203 e. The van der Waals surface area contributed by atoms with Crippen molar-refractivity contribution in [1.29, 1.82) is 0 Å². The average Bonchev–Trinajstić information content (AvgIpc) is 3.30. The maximum atomic E-state index is 6.46. The lowest BCUT2D eigenvalue weighted by Gasteiger charge is -2.07. The molecular formula is C21H14Cl2N4O2. The van der Waals surface area contributed by atoms with E-state index >= 15 is 0 Å². The van der Waals surface area contributed by atoms with Crippen molar-refractivity contribution < 1.29 is 9.15 Å². The summed E-state index contributed by atoms with van der Waals surface area (Å²) in [6, 6.07) is 14.9. The van der Waals surface area contributed by atoms with Gasteiger partial charge in [0.15, 0.2) is 11.2 Å². The molecule has 0 aliphatic carbocycles. The first-order chi connectivity index (χ1) is 14.1. The number of imidazole rings is 1. The van der Waals surface area contributed by atoms with Crippen LogP contribution in [0.5, 0.6) is 5.75 Å². The molecule has 2 aromatic carbocycles. The number of pyridine rings is 1. The number of rotatable bonds is 4. The summed E-state index contributed by atoms with van der Waals surface area (Å²) in [6.45, 7) is 0. The van der Waals surface area contributed by atoms with E-state index < -0.39 is 0 Å². The van der Waals surface area contributed by atoms with Gasteiger partial charge in [0.25, 0.3) is 0 Å². The molecule has 3 heterocycles. The summed E-state index contributed by atoms with van der Waals surface area (Å²) in [7, 11) is 1.61. The van der Waals surface area contributed by atoms with Gasteiger partial charge in [0.05, 0.1) is 24.1 Å². The molecule has 144 valence electrons. The van der Waals surface area contributed by atoms with Gasteiger partial charge < -0.3 is 14.1 Å². The Hall–Kier alpha value is -3.09. The number of oxazole rings is 1. The summed E-state index contributed by atoms with van der Waals surface area (Å²) >= 11 is 12.4. The Bertz CT molecular complexity index is 1360. The molecule has 5 rings (SSSR count). The number of hydrogen-bond acceptors (Lipinski definition) is 5. The van der Waals surface area contributed by atoms with Gasteiger partial charge in [-0.1, -0.05) is 35.3 Å². The predicted octanol–water partition coefficient (Wildman–Crippen LogP) is 5.67. The highest BCUT2D eigenvalue weighted by atomic mass is 35.5. The Balaban J connectivity index is 1.54. The van der Waals surface area contributed by atoms with Gasteiger partial charge in [-0.3, -0.25) is 0 Å². The van der Waals surface area contributed by atoms with Gasteiger partial charge in [-0.05, 0) is 36.4 Å². The van der Waals surface area contributed by atoms with E-state index in [2.05, 4.69) is 19.9 Å². The predicted molar refractivity (Wildman–Crippen MR) is 113 cm³/mol. The van der Waals surface area contributed by atoms with Crippen LogP contribution in [0.15, 0.2) is 52.9 Å². The number of aromatic amines is 1. The van der Waals surface area contributed by atoms with Crippen molar-refractivity contribution in [3.8, 4) is 16.9 Å². The fraction of sp³-hybridized carbons (Fsp3) is 0.0952. The number of ether oxygens (including phenoxy) is 1. The lowest BCUT2D eigenvalue weighted by molar-refractivity contribution is 0.415. The first-order valence-corrected chi connectivity index (χ1v) is 9.60. The lowest BCUT2D eigenvalue weighted by Crippen LogP contribution is -1.90. The minimum atomic E-state index is 0.401. The van der Waals surface area contributed by atoms with Crippen molar-refractivity contribution in [2.24, 2.45) is 0 Å². The van der Waals surface area contributed by atoms with Crippen molar-refractivity contribution in [2.45, 2.75) is 6.42 Å². The highest BCUT2D eigenvalue weighted by molar-refractivity contribution is 6.33. The van der Waals surface area contributed by atoms with Crippen LogP contribution in [0.4, 0.5) is 0 Å². The second-order valence-corrected chi connectivity index (χ2v) is 7.27. The normalized spacial score (nSPS) is 11.4. The summed E-state index contributed by atoms with van der Waals surface area (Å²) in [5.41, 5.74) is 4.52. The van der Waals surface area contributed by atoms with Crippen LogP contribution in [0.25, 0.3) is 33.4 Å². The fourth-order valence-electron chi connectivity index (χ4n) is 3.27. The van der Waals surface area contributed by atoms with Gasteiger partial charge in [-0.15, -0.1) is 0 Å². The van der Waals surface area contributed by atoms with E-state index in [1.54, 1.807) is 19.2 Å². The molecule has 0 spiro atoms. The van der Waals surface area contributed by atoms with Crippen molar-refractivity contribution in [3.05, 3.63) is 70.4 Å². The molecule has 6 nitrogen and oxygen atoms in total. The van der Waals surface area contributed by atoms with Gasteiger partial charge in [0.2, 0.25) is 5.89 Å². The first kappa shape index (κ1) is 18.0. The number of nitrogens with zero attached hydrogens (tertiary/aromatic N) is 3. The number of para-hydroxylation sites is 1. The van der Waals surface area contributed by atoms with E-state index in [1.807, 2.05) is 36.4 Å². The summed E-state index contributed by atoms with van der Waals surface area (Å²) in [4.78, 5) is 16.5. The molecular weight excluding hydrogens is 411 g/mol. The van der Waals surface area contributed by atoms with Crippen molar-refractivity contribution in [1.82, 2.24) is 19.9 Å². The molecule has 29 heavy (non-hydrogen) atoms. The van der Waals surface area contributed by atoms with Gasteiger partial charge in [0, 0.05) is 11.1 Å². The fourth-order valence-corrected chi connectivity index (χ4v) is 3.69. The van der Waals surface area contributed by atoms with E-state index in [9.17, 15) is 0 Å². The zero-order valence-corrected chi connectivity index (χ0v) is 16.8. The maximum Gasteiger partial charge on any atom is 0.203 e. The Morgan fingerprint density at radius 1 is 1.00 bits per heavy atom. The second-order valence-electron chi connectivity index (χ2n) is 6.47. The highest BCUT2D eigenvalue weighted by Crippen LogP contribution is 2.36. The Morgan fingerprint density at radius 3 is 2.72 bits per heavy atom. The van der Waals surface area contributed by atoms with E-state index in [-0.39, 0.29) is 0 Å². The summed E-state index contributed by atoms with van der Waals surface area (Å²) < 4.78 is 11.3. The maximum absolute atomic E-state index is 6.46. The lowest BCUT2D eigenvalue weighted by atomic mass is 10.0. The molecule has 0 atom stereocenters. The largest absolute Gasteiger partial charge is 0.497 e. The standard InChI is InChI=1S/C21H14Cl2N4O2/c1-28-11-5-6-12(14(22)9-11)13-3-2-4-15-20(13)29-19(25-15)10-18-24-16-7-8-17(23)26-21(16)27-18/h2-9H,10H2,1H3,(H,24,26,27). The number of hydrogen-bond donors (Lipinski definition) is 1. The van der Waals surface area contributed by atoms with Gasteiger partial charge in [0.1, 0.15) is 22.2 Å². The van der Waals surface area contributed by atoms with Crippen LogP contribution in [-0.4, -0.2) is 27.0 Å². The van der Waals surface area contributed by atoms with Crippen LogP contribution in [0.3, 0.4) is 0 Å². The number of fused-ring (bicyclic) bond motifs is 2. The third-order valence-corrected chi connectivity index (χ3v) is 5.13. The van der Waals surface area contributed by atoms with Crippen LogP contribution in [0.1, 0.15) is 11.7 Å². The zero-order chi connectivity index (χ0) is 20.0. The number of halogens is 2. The number of H-pyrrole nitrogens is 1. The molecule has 3 aromatic heterocycles. The van der Waals surface area contributed by atoms with Crippen LogP contribution in [0.2, 0.25) is 10.2 Å². The van der Waals surface area contributed by atoms with E-state index in [1.165, 1.54) is 0 Å². The quantitative estimate of drug-likeness (QED) is 0.376. The third kappa shape index (κ3) is 3.30. The van der Waals surface area contributed by atoms with Crippen molar-refractivity contribution in [3.63, 3.8) is 0 Å². The minimum Gasteiger partial charge on any atom is -0.497 e. The van der Waals surface area contributed by atoms with Gasteiger partial charge in [-0.25, -0.2) is 15.0 Å². The second kappa shape index (κ2) is 7.06. The molecule has 0 radical (unpaired) electrons. The topological polar surface area (TPSA) is 76.8 Å². The molecule has 5 aromatic rings. The van der Waals surface area contributed by atoms with E-state index in [0.717, 1.165) is 22.2 Å². The van der Waals surface area contributed by atoms with Crippen molar-refractivity contribution >= 4 is 45.5 Å². The molecule has 0 bridgehead atoms. The van der Waals surface area contributed by atoms with Gasteiger partial charge >= 0.3 is 0 Å². The monoisotopic (exact) mass is 424 g/mol. The van der Waals surface area contributed by atoms with E-state index in [4.69, 9.17) is 32.4 Å². The Kier molecular flexibility index (Phi) is 4.38. The zero-order valence-electron chi connectivity index (χ0n) is 15.2. The SMILES string of the molecule is COc1ccc(-c2cccc3nc(Cc4nc5nc(Cl)ccc5[nH]4)oc23)c(Cl)c1. The highest BCUT2D eigenvalue weighted by Gasteiger charge is 2.16. The van der Waals surface area contributed by atoms with Crippen LogP contribution in [-0.2, 0) is 6.42 Å². The molecule has 0 amide bonds. The summed E-state index contributed by atoms with van der Waals surface area (Å²) in [6.07, 6.45) is 0.401. The minimum absolute atomic E-state index is 0.401. The summed E-state index contributed by atoms with van der Waals surface area (Å²) in [5, 5.41) is 0.980. The Labute approximate surface area is 175 Å². The number of benzene rings is 2. The number of methoxy groups -OCH3 is 1.